The smallest absolute Gasteiger partial charge is 0.281 e. The first-order valence-corrected chi connectivity index (χ1v) is 10.4. The van der Waals surface area contributed by atoms with E-state index in [1.165, 1.54) is 34.8 Å². The lowest BCUT2D eigenvalue weighted by Crippen LogP contribution is -2.48. The minimum Gasteiger partial charge on any atom is -0.338 e. The summed E-state index contributed by atoms with van der Waals surface area (Å²) in [6, 6.07) is 6.22. The van der Waals surface area contributed by atoms with Crippen LogP contribution in [0.2, 0.25) is 0 Å². The average molecular weight is 383 g/mol. The van der Waals surface area contributed by atoms with Gasteiger partial charge < -0.3 is 4.90 Å². The van der Waals surface area contributed by atoms with Crippen LogP contribution in [0, 0.1) is 11.7 Å². The Morgan fingerprint density at radius 2 is 2.00 bits per heavy atom. The first-order chi connectivity index (χ1) is 12.3. The molecule has 0 saturated carbocycles. The Morgan fingerprint density at radius 1 is 1.23 bits per heavy atom. The number of hydrogen-bond acceptors (Lipinski definition) is 3. The van der Waals surface area contributed by atoms with Gasteiger partial charge in [-0.3, -0.25) is 4.79 Å². The molecule has 8 heteroatoms. The Labute approximate surface area is 154 Å². The third kappa shape index (κ3) is 4.07. The summed E-state index contributed by atoms with van der Waals surface area (Å²) in [5, 5.41) is 0. The highest BCUT2D eigenvalue weighted by Gasteiger charge is 2.41. The summed E-state index contributed by atoms with van der Waals surface area (Å²) in [4.78, 5) is 14.6. The SMILES string of the molecule is CN(C)S(=O)(=O)N1C[C@H]2CC[C@@H](C1)N(C(=O)CCc1cccc(F)c1)C2. The lowest BCUT2D eigenvalue weighted by atomic mass is 9.94. The van der Waals surface area contributed by atoms with E-state index in [1.807, 2.05) is 11.0 Å². The quantitative estimate of drug-likeness (QED) is 0.774. The van der Waals surface area contributed by atoms with Crippen molar-refractivity contribution in [1.29, 1.82) is 0 Å². The Kier molecular flexibility index (Phi) is 5.64. The zero-order chi connectivity index (χ0) is 18.9. The highest BCUT2D eigenvalue weighted by molar-refractivity contribution is 7.86. The van der Waals surface area contributed by atoms with Crippen molar-refractivity contribution in [2.24, 2.45) is 5.92 Å². The van der Waals surface area contributed by atoms with E-state index in [0.29, 0.717) is 32.5 Å². The van der Waals surface area contributed by atoms with E-state index in [4.69, 9.17) is 0 Å². The topological polar surface area (TPSA) is 60.9 Å². The van der Waals surface area contributed by atoms with E-state index in [9.17, 15) is 17.6 Å². The van der Waals surface area contributed by atoms with Crippen LogP contribution in [0.4, 0.5) is 4.39 Å². The molecule has 4 rings (SSSR count). The molecular weight excluding hydrogens is 357 g/mol. The van der Waals surface area contributed by atoms with Gasteiger partial charge >= 0.3 is 0 Å². The minimum absolute atomic E-state index is 0.0214. The molecule has 1 aromatic carbocycles. The molecule has 3 heterocycles. The molecule has 3 aliphatic rings. The molecule has 1 amide bonds. The maximum atomic E-state index is 13.3. The normalized spacial score (nSPS) is 24.1. The standard InChI is InChI=1S/C18H26FN3O3S/c1-20(2)26(24,25)21-11-15-6-8-17(13-21)22(12-15)18(23)9-7-14-4-3-5-16(19)10-14/h3-5,10,15,17H,6-9,11-13H2,1-2H3/t15-,17+/m1/s1. The number of benzene rings is 1. The molecule has 144 valence electrons. The molecule has 6 nitrogen and oxygen atoms in total. The van der Waals surface area contributed by atoms with Crippen LogP contribution in [0.5, 0.6) is 0 Å². The van der Waals surface area contributed by atoms with Gasteiger partial charge in [0.15, 0.2) is 0 Å². The van der Waals surface area contributed by atoms with Crippen molar-refractivity contribution in [1.82, 2.24) is 13.5 Å². The molecule has 0 spiro atoms. The molecule has 3 saturated heterocycles. The van der Waals surface area contributed by atoms with Crippen LogP contribution >= 0.6 is 0 Å². The van der Waals surface area contributed by atoms with E-state index in [0.717, 1.165) is 18.4 Å². The number of hydrogen-bond donors (Lipinski definition) is 0. The van der Waals surface area contributed by atoms with Crippen molar-refractivity contribution in [3.63, 3.8) is 0 Å². The number of carbonyl (C=O) groups is 1. The summed E-state index contributed by atoms with van der Waals surface area (Å²) in [5.41, 5.74) is 0.801. The zero-order valence-electron chi connectivity index (χ0n) is 15.3. The number of piperidine rings is 1. The summed E-state index contributed by atoms with van der Waals surface area (Å²) < 4.78 is 41.0. The summed E-state index contributed by atoms with van der Waals surface area (Å²) in [6.07, 6.45) is 2.57. The fraction of sp³-hybridized carbons (Fsp3) is 0.611. The maximum Gasteiger partial charge on any atom is 0.281 e. The van der Waals surface area contributed by atoms with Crippen LogP contribution in [0.25, 0.3) is 0 Å². The number of amides is 1. The predicted molar refractivity (Wildman–Crippen MR) is 97.1 cm³/mol. The second-order valence-corrected chi connectivity index (χ2v) is 9.52. The third-order valence-corrected chi connectivity index (χ3v) is 7.18. The molecule has 2 bridgehead atoms. The molecule has 0 aliphatic carbocycles. The summed E-state index contributed by atoms with van der Waals surface area (Å²) in [5.74, 6) is -0.108. The van der Waals surface area contributed by atoms with Crippen LogP contribution in [0.3, 0.4) is 0 Å². The molecule has 3 aliphatic heterocycles. The fourth-order valence-corrected chi connectivity index (χ4v) is 5.07. The number of aryl methyl sites for hydroxylation is 1. The van der Waals surface area contributed by atoms with Crippen molar-refractivity contribution in [3.8, 4) is 0 Å². The second-order valence-electron chi connectivity index (χ2n) is 7.38. The molecule has 0 aromatic heterocycles. The first-order valence-electron chi connectivity index (χ1n) is 8.99. The minimum atomic E-state index is -3.47. The first kappa shape index (κ1) is 19.3. The van der Waals surface area contributed by atoms with E-state index < -0.39 is 10.2 Å². The van der Waals surface area contributed by atoms with Crippen molar-refractivity contribution in [2.75, 3.05) is 33.7 Å². The largest absolute Gasteiger partial charge is 0.338 e. The van der Waals surface area contributed by atoms with Gasteiger partial charge in [0.05, 0.1) is 0 Å². The summed E-state index contributed by atoms with van der Waals surface area (Å²) in [6.45, 7) is 1.42. The van der Waals surface area contributed by atoms with Gasteiger partial charge in [-0.1, -0.05) is 12.1 Å². The third-order valence-electron chi connectivity index (χ3n) is 5.30. The molecule has 0 radical (unpaired) electrons. The van der Waals surface area contributed by atoms with Crippen LogP contribution in [-0.4, -0.2) is 67.6 Å². The van der Waals surface area contributed by atoms with Crippen LogP contribution in [0.15, 0.2) is 24.3 Å². The Hall–Kier alpha value is -1.51. The fourth-order valence-electron chi connectivity index (χ4n) is 3.85. The second kappa shape index (κ2) is 7.62. The van der Waals surface area contributed by atoms with Crippen molar-refractivity contribution < 1.29 is 17.6 Å². The Morgan fingerprint density at radius 3 is 2.69 bits per heavy atom. The highest BCUT2D eigenvalue weighted by Crippen LogP contribution is 2.30. The number of carbonyl (C=O) groups excluding carboxylic acids is 1. The monoisotopic (exact) mass is 383 g/mol. The lowest BCUT2D eigenvalue weighted by Gasteiger charge is -2.36. The van der Waals surface area contributed by atoms with Gasteiger partial charge in [-0.15, -0.1) is 0 Å². The Bertz CT molecular complexity index is 769. The molecule has 3 fully saturated rings. The number of fused-ring (bicyclic) bond motifs is 4. The van der Waals surface area contributed by atoms with Gasteiger partial charge in [0.25, 0.3) is 10.2 Å². The van der Waals surface area contributed by atoms with Crippen molar-refractivity contribution in [2.45, 2.75) is 31.7 Å². The number of halogens is 1. The van der Waals surface area contributed by atoms with Gasteiger partial charge in [-0.25, -0.2) is 4.39 Å². The molecule has 2 atom stereocenters. The lowest BCUT2D eigenvalue weighted by molar-refractivity contribution is -0.135. The average Bonchev–Trinajstić information content (AvgIpc) is 2.92. The van der Waals surface area contributed by atoms with Gasteiger partial charge in [0.1, 0.15) is 5.82 Å². The van der Waals surface area contributed by atoms with Crippen LogP contribution in [0.1, 0.15) is 24.8 Å². The number of rotatable bonds is 5. The van der Waals surface area contributed by atoms with E-state index >= 15 is 0 Å². The predicted octanol–water partition coefficient (Wildman–Crippen LogP) is 1.49. The van der Waals surface area contributed by atoms with E-state index in [1.54, 1.807) is 6.07 Å². The van der Waals surface area contributed by atoms with Crippen LogP contribution in [-0.2, 0) is 21.4 Å². The van der Waals surface area contributed by atoms with E-state index in [-0.39, 0.29) is 23.7 Å². The van der Waals surface area contributed by atoms with Crippen LogP contribution < -0.4 is 0 Å². The number of nitrogens with zero attached hydrogens (tertiary/aromatic N) is 3. The van der Waals surface area contributed by atoms with Gasteiger partial charge in [-0.2, -0.15) is 17.0 Å². The zero-order valence-corrected chi connectivity index (χ0v) is 16.1. The van der Waals surface area contributed by atoms with E-state index in [2.05, 4.69) is 0 Å². The van der Waals surface area contributed by atoms with Crippen molar-refractivity contribution in [3.05, 3.63) is 35.6 Å². The molecule has 1 aromatic rings. The molecule has 0 unspecified atom stereocenters. The molecule has 26 heavy (non-hydrogen) atoms. The Balaban J connectivity index is 1.67. The van der Waals surface area contributed by atoms with Gasteiger partial charge in [0.2, 0.25) is 5.91 Å². The molecule has 0 N–H and O–H groups in total. The molecular formula is C18H26FN3O3S. The van der Waals surface area contributed by atoms with Gasteiger partial charge in [0, 0.05) is 46.2 Å². The van der Waals surface area contributed by atoms with Crippen molar-refractivity contribution >= 4 is 16.1 Å². The highest BCUT2D eigenvalue weighted by atomic mass is 32.2. The summed E-state index contributed by atoms with van der Waals surface area (Å²) >= 11 is 0. The summed E-state index contributed by atoms with van der Waals surface area (Å²) in [7, 11) is -0.408. The van der Waals surface area contributed by atoms with Gasteiger partial charge in [-0.05, 0) is 42.9 Å². The maximum absolute atomic E-state index is 13.3.